The van der Waals surface area contributed by atoms with Crippen molar-refractivity contribution in [3.63, 3.8) is 0 Å². The number of nitrogens with two attached hydrogens (primary N) is 1. The van der Waals surface area contributed by atoms with Crippen LogP contribution in [0, 0.1) is 0 Å². The van der Waals surface area contributed by atoms with Crippen molar-refractivity contribution in [2.24, 2.45) is 5.73 Å². The molecule has 0 amide bonds. The maximum Gasteiger partial charge on any atom is 0.120 e. The molecule has 1 aromatic carbocycles. The van der Waals surface area contributed by atoms with E-state index >= 15 is 0 Å². The quantitative estimate of drug-likeness (QED) is 0.732. The van der Waals surface area contributed by atoms with Crippen LogP contribution in [-0.2, 0) is 5.41 Å². The van der Waals surface area contributed by atoms with Gasteiger partial charge < -0.3 is 15.9 Å². The summed E-state index contributed by atoms with van der Waals surface area (Å²) in [5.74, 6) is 0.150. The summed E-state index contributed by atoms with van der Waals surface area (Å²) in [7, 11) is 0. The minimum Gasteiger partial charge on any atom is -0.508 e. The van der Waals surface area contributed by atoms with E-state index in [4.69, 9.17) is 10.8 Å². The average Bonchev–Trinajstić information content (AvgIpc) is 2.28. The first kappa shape index (κ1) is 13.0. The van der Waals surface area contributed by atoms with Crippen LogP contribution in [0.15, 0.2) is 18.2 Å². The van der Waals surface area contributed by atoms with Crippen molar-refractivity contribution >= 4 is 0 Å². The number of aliphatic hydroxyl groups excluding tert-OH is 1. The number of phenolic OH excluding ortho intramolecular Hbond substituents is 1. The second-order valence-corrected chi connectivity index (χ2v) is 4.80. The van der Waals surface area contributed by atoms with Gasteiger partial charge in [0.2, 0.25) is 0 Å². The number of hydrogen-bond acceptors (Lipinski definition) is 3. The van der Waals surface area contributed by atoms with Gasteiger partial charge in [-0.25, -0.2) is 0 Å². The van der Waals surface area contributed by atoms with Crippen LogP contribution >= 0.6 is 0 Å². The van der Waals surface area contributed by atoms with Crippen LogP contribution in [0.25, 0.3) is 0 Å². The molecule has 0 radical (unpaired) electrons. The maximum absolute atomic E-state index is 9.68. The Morgan fingerprint density at radius 3 is 2.50 bits per heavy atom. The molecule has 90 valence electrons. The molecule has 0 unspecified atom stereocenters. The third-order valence-electron chi connectivity index (χ3n) is 3.29. The molecule has 0 saturated carbocycles. The maximum atomic E-state index is 9.68. The van der Waals surface area contributed by atoms with Gasteiger partial charge in [0.25, 0.3) is 0 Å². The molecule has 3 nitrogen and oxygen atoms in total. The molecular weight excluding hydrogens is 202 g/mol. The molecule has 0 aliphatic rings. The normalized spacial score (nSPS) is 13.8. The fourth-order valence-corrected chi connectivity index (χ4v) is 1.57. The largest absolute Gasteiger partial charge is 0.508 e. The molecule has 0 aromatic heterocycles. The van der Waals surface area contributed by atoms with Gasteiger partial charge in [-0.05, 0) is 29.5 Å². The second-order valence-electron chi connectivity index (χ2n) is 4.80. The van der Waals surface area contributed by atoms with Gasteiger partial charge in [-0.3, -0.25) is 0 Å². The number of aliphatic hydroxyl groups is 1. The number of aromatic hydroxyl groups is 1. The Morgan fingerprint density at radius 1 is 1.38 bits per heavy atom. The Kier molecular flexibility index (Phi) is 3.94. The summed E-state index contributed by atoms with van der Waals surface area (Å²) in [6, 6.07) is 4.93. The molecule has 1 aromatic rings. The Labute approximate surface area is 96.9 Å². The number of rotatable bonds is 4. The van der Waals surface area contributed by atoms with E-state index in [-0.39, 0.29) is 17.8 Å². The van der Waals surface area contributed by atoms with Crippen molar-refractivity contribution < 1.29 is 10.2 Å². The monoisotopic (exact) mass is 223 g/mol. The molecule has 0 aliphatic heterocycles. The molecule has 1 rings (SSSR count). The highest BCUT2D eigenvalue weighted by Gasteiger charge is 2.20. The van der Waals surface area contributed by atoms with E-state index in [9.17, 15) is 5.11 Å². The summed E-state index contributed by atoms with van der Waals surface area (Å²) in [6.45, 7) is 6.25. The topological polar surface area (TPSA) is 66.5 Å². The Hall–Kier alpha value is -1.06. The smallest absolute Gasteiger partial charge is 0.120 e. The van der Waals surface area contributed by atoms with E-state index in [1.807, 2.05) is 12.1 Å². The van der Waals surface area contributed by atoms with E-state index in [1.54, 1.807) is 6.07 Å². The molecule has 0 spiro atoms. The molecule has 0 saturated heterocycles. The van der Waals surface area contributed by atoms with Crippen LogP contribution in [0.3, 0.4) is 0 Å². The molecule has 0 fully saturated rings. The summed E-state index contributed by atoms with van der Waals surface area (Å²) in [4.78, 5) is 0. The first-order chi connectivity index (χ1) is 7.42. The first-order valence-corrected chi connectivity index (χ1v) is 5.62. The summed E-state index contributed by atoms with van der Waals surface area (Å²) in [5, 5.41) is 18.7. The predicted octanol–water partition coefficient (Wildman–Crippen LogP) is 2.07. The first-order valence-electron chi connectivity index (χ1n) is 5.62. The predicted molar refractivity (Wildman–Crippen MR) is 65.4 cm³/mol. The second kappa shape index (κ2) is 4.85. The van der Waals surface area contributed by atoms with E-state index in [0.717, 1.165) is 12.0 Å². The van der Waals surface area contributed by atoms with E-state index in [0.29, 0.717) is 5.56 Å². The average molecular weight is 223 g/mol. The molecule has 1 atom stereocenters. The van der Waals surface area contributed by atoms with Crippen molar-refractivity contribution in [2.45, 2.75) is 38.6 Å². The summed E-state index contributed by atoms with van der Waals surface area (Å²) < 4.78 is 0. The van der Waals surface area contributed by atoms with Crippen molar-refractivity contribution in [2.75, 3.05) is 6.61 Å². The van der Waals surface area contributed by atoms with Gasteiger partial charge in [-0.15, -0.1) is 0 Å². The Balaban J connectivity index is 3.17. The Bertz CT molecular complexity index is 361. The fraction of sp³-hybridized carbons (Fsp3) is 0.538. The number of hydrogen-bond donors (Lipinski definition) is 3. The summed E-state index contributed by atoms with van der Waals surface area (Å²) >= 11 is 0. The minimum absolute atomic E-state index is 0.0532. The highest BCUT2D eigenvalue weighted by molar-refractivity contribution is 5.40. The molecule has 4 N–H and O–H groups in total. The van der Waals surface area contributed by atoms with E-state index in [1.165, 1.54) is 0 Å². The van der Waals surface area contributed by atoms with Gasteiger partial charge >= 0.3 is 0 Å². The minimum atomic E-state index is -0.521. The van der Waals surface area contributed by atoms with Gasteiger partial charge in [0, 0.05) is 5.56 Å². The lowest BCUT2D eigenvalue weighted by atomic mass is 9.81. The standard InChI is InChI=1S/C13H21NO2/c1-4-13(2,3)9-5-6-12(16)10(7-9)11(14)8-15/h5-7,11,15-16H,4,8,14H2,1-3H3/t11-/m1/s1. The zero-order chi connectivity index (χ0) is 12.3. The molecule has 3 heteroatoms. The van der Waals surface area contributed by atoms with Crippen molar-refractivity contribution in [3.05, 3.63) is 29.3 Å². The molecule has 0 aliphatic carbocycles. The number of phenols is 1. The lowest BCUT2D eigenvalue weighted by molar-refractivity contribution is 0.265. The van der Waals surface area contributed by atoms with Crippen LogP contribution in [0.2, 0.25) is 0 Å². The van der Waals surface area contributed by atoms with Crippen LogP contribution in [0.5, 0.6) is 5.75 Å². The van der Waals surface area contributed by atoms with Gasteiger partial charge in [0.05, 0.1) is 12.6 Å². The van der Waals surface area contributed by atoms with Crippen LogP contribution in [-0.4, -0.2) is 16.8 Å². The highest BCUT2D eigenvalue weighted by Crippen LogP contribution is 2.32. The zero-order valence-corrected chi connectivity index (χ0v) is 10.2. The lowest BCUT2D eigenvalue weighted by Crippen LogP contribution is -2.19. The fourth-order valence-electron chi connectivity index (χ4n) is 1.57. The van der Waals surface area contributed by atoms with Crippen LogP contribution in [0.1, 0.15) is 44.4 Å². The van der Waals surface area contributed by atoms with Crippen molar-refractivity contribution in [1.29, 1.82) is 0 Å². The van der Waals surface area contributed by atoms with Crippen LogP contribution < -0.4 is 5.73 Å². The van der Waals surface area contributed by atoms with Crippen LogP contribution in [0.4, 0.5) is 0 Å². The molecule has 16 heavy (non-hydrogen) atoms. The van der Waals surface area contributed by atoms with Crippen molar-refractivity contribution in [3.8, 4) is 5.75 Å². The summed E-state index contributed by atoms with van der Waals surface area (Å²) in [6.07, 6.45) is 1.01. The highest BCUT2D eigenvalue weighted by atomic mass is 16.3. The molecular formula is C13H21NO2. The number of benzene rings is 1. The van der Waals surface area contributed by atoms with Crippen molar-refractivity contribution in [1.82, 2.24) is 0 Å². The Morgan fingerprint density at radius 2 is 2.00 bits per heavy atom. The molecule has 0 bridgehead atoms. The summed E-state index contributed by atoms with van der Waals surface area (Å²) in [5.41, 5.74) is 7.54. The van der Waals surface area contributed by atoms with Gasteiger partial charge in [-0.1, -0.05) is 26.8 Å². The van der Waals surface area contributed by atoms with E-state index < -0.39 is 6.04 Å². The zero-order valence-electron chi connectivity index (χ0n) is 10.2. The SMILES string of the molecule is CCC(C)(C)c1ccc(O)c([C@H](N)CO)c1. The van der Waals surface area contributed by atoms with Gasteiger partial charge in [0.15, 0.2) is 0 Å². The third kappa shape index (κ3) is 2.54. The van der Waals surface area contributed by atoms with Gasteiger partial charge in [0.1, 0.15) is 5.75 Å². The van der Waals surface area contributed by atoms with Gasteiger partial charge in [-0.2, -0.15) is 0 Å². The third-order valence-corrected chi connectivity index (χ3v) is 3.29. The molecule has 0 heterocycles. The van der Waals surface area contributed by atoms with E-state index in [2.05, 4.69) is 20.8 Å². The lowest BCUT2D eigenvalue weighted by Gasteiger charge is -2.25.